The average molecular weight is 131 g/mol. The van der Waals surface area contributed by atoms with Crippen LogP contribution in [0.2, 0.25) is 0 Å². The molecule has 0 aromatic heterocycles. The van der Waals surface area contributed by atoms with Crippen LogP contribution in [0.4, 0.5) is 0 Å². The van der Waals surface area contributed by atoms with Crippen molar-refractivity contribution in [1.82, 2.24) is 5.48 Å². The number of aliphatic hydroxyl groups is 1. The first kappa shape index (κ1) is 6.99. The molecule has 1 saturated heterocycles. The van der Waals surface area contributed by atoms with E-state index in [1.165, 1.54) is 0 Å². The first-order valence-electron chi connectivity index (χ1n) is 3.38. The van der Waals surface area contributed by atoms with E-state index in [0.29, 0.717) is 6.04 Å². The van der Waals surface area contributed by atoms with Gasteiger partial charge in [-0.15, -0.1) is 0 Å². The third-order valence-electron chi connectivity index (χ3n) is 1.65. The predicted molar refractivity (Wildman–Crippen MR) is 33.8 cm³/mol. The molecule has 0 saturated carbocycles. The number of aliphatic hydroxyl groups excluding tert-OH is 1. The highest BCUT2D eigenvalue weighted by atomic mass is 16.7. The number of rotatable bonds is 2. The minimum Gasteiger partial charge on any atom is -0.394 e. The molecule has 1 fully saturated rings. The lowest BCUT2D eigenvalue weighted by Crippen LogP contribution is -2.18. The van der Waals surface area contributed by atoms with Crippen LogP contribution in [0.3, 0.4) is 0 Å². The molecule has 2 atom stereocenters. The van der Waals surface area contributed by atoms with E-state index in [2.05, 4.69) is 12.4 Å². The molecule has 0 bridgehead atoms. The molecule has 3 heteroatoms. The van der Waals surface area contributed by atoms with E-state index in [0.717, 1.165) is 12.8 Å². The highest BCUT2D eigenvalue weighted by Crippen LogP contribution is 2.11. The summed E-state index contributed by atoms with van der Waals surface area (Å²) in [6.45, 7) is 2.23. The van der Waals surface area contributed by atoms with Gasteiger partial charge in [-0.05, 0) is 12.8 Å². The molecule has 3 nitrogen and oxygen atoms in total. The summed E-state index contributed by atoms with van der Waals surface area (Å²) in [6.07, 6.45) is 2.03. The maximum atomic E-state index is 8.61. The molecule has 0 aromatic rings. The molecule has 1 heterocycles. The Morgan fingerprint density at radius 3 is 2.89 bits per heavy atom. The van der Waals surface area contributed by atoms with Gasteiger partial charge in [-0.25, -0.2) is 0 Å². The van der Waals surface area contributed by atoms with E-state index < -0.39 is 0 Å². The lowest BCUT2D eigenvalue weighted by atomic mass is 10.1. The zero-order valence-corrected chi connectivity index (χ0v) is 5.63. The molecule has 0 amide bonds. The van der Waals surface area contributed by atoms with Gasteiger partial charge in [0.05, 0.1) is 6.61 Å². The second-order valence-corrected chi connectivity index (χ2v) is 2.38. The van der Waals surface area contributed by atoms with Crippen molar-refractivity contribution in [2.24, 2.45) is 0 Å². The molecule has 2 unspecified atom stereocenters. The van der Waals surface area contributed by atoms with Gasteiger partial charge in [0.2, 0.25) is 0 Å². The minimum atomic E-state index is 0.0231. The van der Waals surface area contributed by atoms with E-state index in [1.54, 1.807) is 0 Å². The van der Waals surface area contributed by atoms with Crippen LogP contribution in [0.5, 0.6) is 0 Å². The van der Waals surface area contributed by atoms with Crippen LogP contribution >= 0.6 is 0 Å². The fourth-order valence-electron chi connectivity index (χ4n) is 0.968. The second kappa shape index (κ2) is 3.15. The van der Waals surface area contributed by atoms with Gasteiger partial charge in [-0.3, -0.25) is 4.84 Å². The van der Waals surface area contributed by atoms with Gasteiger partial charge in [0, 0.05) is 6.04 Å². The van der Waals surface area contributed by atoms with Crippen molar-refractivity contribution >= 4 is 0 Å². The topological polar surface area (TPSA) is 41.5 Å². The van der Waals surface area contributed by atoms with Crippen molar-refractivity contribution in [2.45, 2.75) is 31.9 Å². The lowest BCUT2D eigenvalue weighted by Gasteiger charge is -2.00. The highest BCUT2D eigenvalue weighted by Gasteiger charge is 2.22. The maximum Gasteiger partial charge on any atom is 0.104 e. The largest absolute Gasteiger partial charge is 0.394 e. The van der Waals surface area contributed by atoms with Crippen LogP contribution < -0.4 is 5.48 Å². The Hall–Kier alpha value is -0.120. The van der Waals surface area contributed by atoms with Gasteiger partial charge in [0.15, 0.2) is 0 Å². The molecule has 1 rings (SSSR count). The molecule has 0 aromatic carbocycles. The molecule has 0 aliphatic carbocycles. The van der Waals surface area contributed by atoms with Gasteiger partial charge >= 0.3 is 0 Å². The average Bonchev–Trinajstić information content (AvgIpc) is 2.34. The number of hydroxylamine groups is 1. The second-order valence-electron chi connectivity index (χ2n) is 2.38. The van der Waals surface area contributed by atoms with E-state index in [-0.39, 0.29) is 12.7 Å². The summed E-state index contributed by atoms with van der Waals surface area (Å²) in [5.41, 5.74) is 2.85. The van der Waals surface area contributed by atoms with Gasteiger partial charge < -0.3 is 5.11 Å². The van der Waals surface area contributed by atoms with E-state index in [9.17, 15) is 0 Å². The summed E-state index contributed by atoms with van der Waals surface area (Å²) in [5, 5.41) is 8.61. The van der Waals surface area contributed by atoms with Gasteiger partial charge in [-0.2, -0.15) is 5.48 Å². The zero-order chi connectivity index (χ0) is 6.69. The van der Waals surface area contributed by atoms with Crippen LogP contribution in [0, 0.1) is 0 Å². The van der Waals surface area contributed by atoms with Crippen LogP contribution in [0.15, 0.2) is 0 Å². The van der Waals surface area contributed by atoms with Crippen LogP contribution in [0.1, 0.15) is 19.8 Å². The van der Waals surface area contributed by atoms with Crippen molar-refractivity contribution in [3.63, 3.8) is 0 Å². The smallest absolute Gasteiger partial charge is 0.104 e. The number of nitrogens with one attached hydrogen (secondary N) is 1. The summed E-state index contributed by atoms with van der Waals surface area (Å²) >= 11 is 0. The van der Waals surface area contributed by atoms with Crippen molar-refractivity contribution in [3.8, 4) is 0 Å². The number of hydrogen-bond acceptors (Lipinski definition) is 3. The van der Waals surface area contributed by atoms with Crippen LogP contribution in [-0.2, 0) is 4.84 Å². The predicted octanol–water partition coefficient (Wildman–Crippen LogP) is 0.0508. The molecule has 54 valence electrons. The Morgan fingerprint density at radius 2 is 2.56 bits per heavy atom. The lowest BCUT2D eigenvalue weighted by molar-refractivity contribution is -0.00337. The quantitative estimate of drug-likeness (QED) is 0.556. The van der Waals surface area contributed by atoms with Gasteiger partial charge in [0.25, 0.3) is 0 Å². The maximum absolute atomic E-state index is 8.61. The molecule has 0 spiro atoms. The van der Waals surface area contributed by atoms with E-state index in [1.807, 2.05) is 0 Å². The zero-order valence-electron chi connectivity index (χ0n) is 5.63. The highest BCUT2D eigenvalue weighted by molar-refractivity contribution is 4.72. The van der Waals surface area contributed by atoms with Crippen LogP contribution in [0.25, 0.3) is 0 Å². The molecular formula is C6H13NO2. The third kappa shape index (κ3) is 1.64. The summed E-state index contributed by atoms with van der Waals surface area (Å²) in [4.78, 5) is 5.01. The van der Waals surface area contributed by atoms with E-state index in [4.69, 9.17) is 9.94 Å². The first-order valence-corrected chi connectivity index (χ1v) is 3.38. The monoisotopic (exact) mass is 131 g/mol. The molecule has 0 radical (unpaired) electrons. The normalized spacial score (nSPS) is 35.3. The fraction of sp³-hybridized carbons (Fsp3) is 1.00. The molecule has 1 aliphatic heterocycles. The van der Waals surface area contributed by atoms with E-state index >= 15 is 0 Å². The molecule has 2 N–H and O–H groups in total. The number of hydrogen-bond donors (Lipinski definition) is 2. The summed E-state index contributed by atoms with van der Waals surface area (Å²) < 4.78 is 0. The van der Waals surface area contributed by atoms with Gasteiger partial charge in [0.1, 0.15) is 6.10 Å². The Morgan fingerprint density at radius 1 is 1.78 bits per heavy atom. The van der Waals surface area contributed by atoms with Gasteiger partial charge in [-0.1, -0.05) is 6.92 Å². The minimum absolute atomic E-state index is 0.0231. The summed E-state index contributed by atoms with van der Waals surface area (Å²) in [6, 6.07) is 0.446. The summed E-state index contributed by atoms with van der Waals surface area (Å²) in [7, 11) is 0. The van der Waals surface area contributed by atoms with Crippen molar-refractivity contribution in [1.29, 1.82) is 0 Å². The summed E-state index contributed by atoms with van der Waals surface area (Å²) in [5.74, 6) is 0. The Bertz CT molecular complexity index is 77.1. The Balaban J connectivity index is 2.20. The first-order chi connectivity index (χ1) is 4.36. The van der Waals surface area contributed by atoms with Crippen molar-refractivity contribution in [2.75, 3.05) is 6.61 Å². The third-order valence-corrected chi connectivity index (χ3v) is 1.65. The molecule has 1 aliphatic rings. The molecular weight excluding hydrogens is 118 g/mol. The Kier molecular flexibility index (Phi) is 2.45. The molecule has 9 heavy (non-hydrogen) atoms. The standard InChI is InChI=1S/C6H13NO2/c1-2-5-3-6(4-8)9-7-5/h5-8H,2-4H2,1H3. The van der Waals surface area contributed by atoms with Crippen LogP contribution in [-0.4, -0.2) is 23.9 Å². The van der Waals surface area contributed by atoms with Crippen molar-refractivity contribution in [3.05, 3.63) is 0 Å². The SMILES string of the molecule is CCC1CC(CO)ON1. The van der Waals surface area contributed by atoms with Crippen molar-refractivity contribution < 1.29 is 9.94 Å². The Labute approximate surface area is 55.0 Å². The fourth-order valence-corrected chi connectivity index (χ4v) is 0.968.